The number of nitrogens with one attached hydrogen (secondary N) is 2. The molecule has 0 radical (unpaired) electrons. The van der Waals surface area contributed by atoms with Gasteiger partial charge < -0.3 is 10.1 Å². The number of hydrogen-bond donors (Lipinski definition) is 2. The van der Waals surface area contributed by atoms with Gasteiger partial charge >= 0.3 is 0 Å². The number of ether oxygens (including phenoxy) is 1. The maximum Gasteiger partial charge on any atom is 0.241 e. The lowest BCUT2D eigenvalue weighted by Crippen LogP contribution is -2.52. The Balaban J connectivity index is 1.98. The predicted octanol–water partition coefficient (Wildman–Crippen LogP) is 2.16. The second-order valence-corrected chi connectivity index (χ2v) is 10.7. The first-order valence-electron chi connectivity index (χ1n) is 10.8. The van der Waals surface area contributed by atoms with Gasteiger partial charge in [0.25, 0.3) is 0 Å². The molecule has 0 saturated carbocycles. The smallest absolute Gasteiger partial charge is 0.241 e. The van der Waals surface area contributed by atoms with Crippen LogP contribution in [0.2, 0.25) is 0 Å². The summed E-state index contributed by atoms with van der Waals surface area (Å²) in [5.74, 6) is 0.419. The summed E-state index contributed by atoms with van der Waals surface area (Å²) < 4.78 is 33.9. The van der Waals surface area contributed by atoms with E-state index in [1.807, 2.05) is 20.8 Å². The maximum atomic E-state index is 12.8. The van der Waals surface area contributed by atoms with E-state index in [1.54, 1.807) is 24.3 Å². The van der Waals surface area contributed by atoms with Crippen LogP contribution in [0.1, 0.15) is 39.7 Å². The third-order valence-electron chi connectivity index (χ3n) is 5.00. The lowest BCUT2D eigenvalue weighted by Gasteiger charge is -2.34. The van der Waals surface area contributed by atoms with Crippen LogP contribution in [0.4, 0.5) is 0 Å². The van der Waals surface area contributed by atoms with Crippen molar-refractivity contribution in [2.24, 2.45) is 11.8 Å². The molecule has 1 aliphatic heterocycles. The van der Waals surface area contributed by atoms with Crippen molar-refractivity contribution in [3.63, 3.8) is 0 Å². The molecule has 1 saturated heterocycles. The SMILES string of the molecule is Cc1ccc(S(=O)(=O)NC(CC(C)C)C(=O)NCC2CN(CC(C)C)CCO2)cc1. The average molecular weight is 440 g/mol. The quantitative estimate of drug-likeness (QED) is 0.583. The second-order valence-electron chi connectivity index (χ2n) is 9.01. The Hall–Kier alpha value is -1.48. The van der Waals surface area contributed by atoms with Crippen LogP contribution in [-0.4, -0.2) is 64.2 Å². The van der Waals surface area contributed by atoms with Gasteiger partial charge in [0.1, 0.15) is 6.04 Å². The zero-order valence-electron chi connectivity index (χ0n) is 18.8. The van der Waals surface area contributed by atoms with Gasteiger partial charge in [0, 0.05) is 26.2 Å². The Morgan fingerprint density at radius 3 is 2.43 bits per heavy atom. The zero-order chi connectivity index (χ0) is 22.3. The molecule has 0 bridgehead atoms. The van der Waals surface area contributed by atoms with Crippen molar-refractivity contribution in [1.29, 1.82) is 0 Å². The van der Waals surface area contributed by atoms with E-state index in [-0.39, 0.29) is 22.8 Å². The Labute approximate surface area is 181 Å². The van der Waals surface area contributed by atoms with E-state index in [9.17, 15) is 13.2 Å². The van der Waals surface area contributed by atoms with Gasteiger partial charge in [-0.25, -0.2) is 8.42 Å². The Morgan fingerprint density at radius 2 is 1.83 bits per heavy atom. The molecule has 8 heteroatoms. The van der Waals surface area contributed by atoms with E-state index >= 15 is 0 Å². The van der Waals surface area contributed by atoms with E-state index < -0.39 is 16.1 Å². The molecule has 1 fully saturated rings. The number of amides is 1. The van der Waals surface area contributed by atoms with E-state index in [2.05, 4.69) is 28.8 Å². The van der Waals surface area contributed by atoms with Crippen molar-refractivity contribution in [1.82, 2.24) is 14.9 Å². The van der Waals surface area contributed by atoms with Crippen molar-refractivity contribution in [2.75, 3.05) is 32.8 Å². The van der Waals surface area contributed by atoms with Gasteiger partial charge in [-0.3, -0.25) is 9.69 Å². The molecule has 2 atom stereocenters. The molecule has 1 aromatic rings. The molecule has 1 aliphatic rings. The summed E-state index contributed by atoms with van der Waals surface area (Å²) in [7, 11) is -3.78. The van der Waals surface area contributed by atoms with Crippen LogP contribution in [0.25, 0.3) is 0 Å². The summed E-state index contributed by atoms with van der Waals surface area (Å²) in [5.41, 5.74) is 0.976. The molecule has 2 unspecified atom stereocenters. The minimum Gasteiger partial charge on any atom is -0.374 e. The number of benzene rings is 1. The largest absolute Gasteiger partial charge is 0.374 e. The van der Waals surface area contributed by atoms with Gasteiger partial charge in [0.15, 0.2) is 0 Å². The van der Waals surface area contributed by atoms with Crippen molar-refractivity contribution in [3.8, 4) is 0 Å². The summed E-state index contributed by atoms with van der Waals surface area (Å²) >= 11 is 0. The fraction of sp³-hybridized carbons (Fsp3) is 0.682. The van der Waals surface area contributed by atoms with E-state index in [0.29, 0.717) is 25.5 Å². The Bertz CT molecular complexity index is 778. The van der Waals surface area contributed by atoms with Gasteiger partial charge in [-0.05, 0) is 37.3 Å². The number of aryl methyl sites for hydroxylation is 1. The topological polar surface area (TPSA) is 87.7 Å². The van der Waals surface area contributed by atoms with E-state index in [0.717, 1.165) is 25.2 Å². The lowest BCUT2D eigenvalue weighted by molar-refractivity contribution is -0.124. The summed E-state index contributed by atoms with van der Waals surface area (Å²) in [6, 6.07) is 5.78. The predicted molar refractivity (Wildman–Crippen MR) is 119 cm³/mol. The molecule has 2 rings (SSSR count). The molecule has 0 spiro atoms. The number of carbonyl (C=O) groups is 1. The summed E-state index contributed by atoms with van der Waals surface area (Å²) in [6.07, 6.45) is 0.330. The number of rotatable bonds is 10. The van der Waals surface area contributed by atoms with Crippen LogP contribution in [0.3, 0.4) is 0 Å². The molecular formula is C22H37N3O4S. The molecule has 0 aromatic heterocycles. The highest BCUT2D eigenvalue weighted by atomic mass is 32.2. The van der Waals surface area contributed by atoms with Gasteiger partial charge in [-0.15, -0.1) is 0 Å². The number of morpholine rings is 1. The van der Waals surface area contributed by atoms with Crippen molar-refractivity contribution in [2.45, 2.75) is 58.1 Å². The van der Waals surface area contributed by atoms with Gasteiger partial charge in [0.2, 0.25) is 15.9 Å². The molecule has 1 amide bonds. The highest BCUT2D eigenvalue weighted by molar-refractivity contribution is 7.89. The van der Waals surface area contributed by atoms with Crippen LogP contribution in [0, 0.1) is 18.8 Å². The fourth-order valence-electron chi connectivity index (χ4n) is 3.58. The first-order valence-corrected chi connectivity index (χ1v) is 12.3. The number of sulfonamides is 1. The van der Waals surface area contributed by atoms with E-state index in [4.69, 9.17) is 4.74 Å². The van der Waals surface area contributed by atoms with Crippen LogP contribution >= 0.6 is 0 Å². The minimum absolute atomic E-state index is 0.0881. The van der Waals surface area contributed by atoms with Crippen molar-refractivity contribution < 1.29 is 17.9 Å². The Morgan fingerprint density at radius 1 is 1.17 bits per heavy atom. The van der Waals surface area contributed by atoms with Crippen molar-refractivity contribution >= 4 is 15.9 Å². The molecule has 1 aromatic carbocycles. The Kier molecular flexibility index (Phi) is 9.28. The standard InChI is InChI=1S/C22H37N3O4S/c1-16(2)12-21(24-30(27,28)20-8-6-18(5)7-9-20)22(26)23-13-19-15-25(10-11-29-19)14-17(3)4/h6-9,16-17,19,21,24H,10-15H2,1-5H3,(H,23,26). The number of hydrogen-bond acceptors (Lipinski definition) is 5. The third kappa shape index (κ3) is 7.98. The van der Waals surface area contributed by atoms with Crippen molar-refractivity contribution in [3.05, 3.63) is 29.8 Å². The zero-order valence-corrected chi connectivity index (χ0v) is 19.7. The first-order chi connectivity index (χ1) is 14.1. The molecule has 170 valence electrons. The van der Waals surface area contributed by atoms with Gasteiger partial charge in [-0.2, -0.15) is 4.72 Å². The summed E-state index contributed by atoms with van der Waals surface area (Å²) in [5, 5.41) is 2.90. The third-order valence-corrected chi connectivity index (χ3v) is 6.49. The molecule has 0 aliphatic carbocycles. The average Bonchev–Trinajstić information content (AvgIpc) is 2.65. The number of nitrogens with zero attached hydrogens (tertiary/aromatic N) is 1. The molecule has 30 heavy (non-hydrogen) atoms. The highest BCUT2D eigenvalue weighted by Crippen LogP contribution is 2.14. The van der Waals surface area contributed by atoms with Crippen LogP contribution < -0.4 is 10.0 Å². The van der Waals surface area contributed by atoms with Crippen LogP contribution in [0.15, 0.2) is 29.2 Å². The second kappa shape index (κ2) is 11.2. The molecule has 7 nitrogen and oxygen atoms in total. The fourth-order valence-corrected chi connectivity index (χ4v) is 4.78. The van der Waals surface area contributed by atoms with E-state index in [1.165, 1.54) is 0 Å². The van der Waals surface area contributed by atoms with Crippen LogP contribution in [-0.2, 0) is 19.6 Å². The molecule has 1 heterocycles. The summed E-state index contributed by atoms with van der Waals surface area (Å²) in [4.78, 5) is 15.3. The van der Waals surface area contributed by atoms with Gasteiger partial charge in [-0.1, -0.05) is 45.4 Å². The highest BCUT2D eigenvalue weighted by Gasteiger charge is 2.28. The lowest BCUT2D eigenvalue weighted by atomic mass is 10.0. The normalized spacial score (nSPS) is 19.2. The minimum atomic E-state index is -3.78. The molecule has 2 N–H and O–H groups in total. The maximum absolute atomic E-state index is 12.8. The summed E-state index contributed by atoms with van der Waals surface area (Å²) in [6.45, 7) is 13.9. The van der Waals surface area contributed by atoms with Gasteiger partial charge in [0.05, 0.1) is 17.6 Å². The number of carbonyl (C=O) groups excluding carboxylic acids is 1. The first kappa shape index (κ1) is 24.8. The molecular weight excluding hydrogens is 402 g/mol. The monoisotopic (exact) mass is 439 g/mol. The van der Waals surface area contributed by atoms with Crippen LogP contribution in [0.5, 0.6) is 0 Å².